The Labute approximate surface area is 170 Å². The molecule has 4 rings (SSSR count). The van der Waals surface area contributed by atoms with Crippen LogP contribution in [0.15, 0.2) is 41.5 Å². The molecule has 2 aliphatic rings. The predicted octanol–water partition coefficient (Wildman–Crippen LogP) is 0.692. The summed E-state index contributed by atoms with van der Waals surface area (Å²) in [5.41, 5.74) is 0.980. The summed E-state index contributed by atoms with van der Waals surface area (Å²) in [5.74, 6) is -0.109. The predicted molar refractivity (Wildman–Crippen MR) is 111 cm³/mol. The molecule has 1 amide bonds. The van der Waals surface area contributed by atoms with Crippen LogP contribution in [0.2, 0.25) is 0 Å². The average molecular weight is 399 g/mol. The quantitative estimate of drug-likeness (QED) is 0.773. The van der Waals surface area contributed by atoms with Crippen molar-refractivity contribution in [3.63, 3.8) is 0 Å². The third-order valence-electron chi connectivity index (χ3n) is 6.21. The van der Waals surface area contributed by atoms with Gasteiger partial charge in [0.2, 0.25) is 0 Å². The fraction of sp³-hybridized carbons (Fsp3) is 0.524. The van der Waals surface area contributed by atoms with E-state index in [-0.39, 0.29) is 17.1 Å². The number of ether oxygens (including phenoxy) is 1. The van der Waals surface area contributed by atoms with Gasteiger partial charge in [0, 0.05) is 43.1 Å². The van der Waals surface area contributed by atoms with E-state index in [1.807, 2.05) is 6.07 Å². The maximum Gasteiger partial charge on any atom is 0.330 e. The van der Waals surface area contributed by atoms with Gasteiger partial charge in [0.25, 0.3) is 5.91 Å². The van der Waals surface area contributed by atoms with E-state index in [0.717, 1.165) is 52.2 Å². The number of likely N-dealkylation sites (tertiary alicyclic amines) is 1. The number of aromatic nitrogens is 2. The number of benzene rings is 1. The number of imidazole rings is 1. The molecule has 0 radical (unpaired) electrons. The van der Waals surface area contributed by atoms with Crippen LogP contribution in [0.1, 0.15) is 23.2 Å². The monoisotopic (exact) mass is 399 g/mol. The molecular formula is C21H29N5O3. The third-order valence-corrected chi connectivity index (χ3v) is 6.21. The zero-order valence-corrected chi connectivity index (χ0v) is 16.9. The minimum atomic E-state index is -0.222. The highest BCUT2D eigenvalue weighted by Crippen LogP contribution is 2.29. The van der Waals surface area contributed by atoms with Crippen molar-refractivity contribution in [1.29, 1.82) is 0 Å². The van der Waals surface area contributed by atoms with E-state index >= 15 is 0 Å². The number of H-pyrrole nitrogens is 1. The van der Waals surface area contributed by atoms with E-state index in [1.165, 1.54) is 4.57 Å². The Morgan fingerprint density at radius 3 is 2.66 bits per heavy atom. The Kier molecular flexibility index (Phi) is 5.84. The van der Waals surface area contributed by atoms with Crippen LogP contribution >= 0.6 is 0 Å². The van der Waals surface area contributed by atoms with Gasteiger partial charge in [-0.2, -0.15) is 0 Å². The van der Waals surface area contributed by atoms with Crippen molar-refractivity contribution in [2.24, 2.45) is 0 Å². The molecular weight excluding hydrogens is 370 g/mol. The molecule has 2 N–H and O–H groups in total. The molecule has 0 aliphatic carbocycles. The first-order chi connectivity index (χ1) is 14.1. The van der Waals surface area contributed by atoms with Crippen molar-refractivity contribution >= 4 is 5.91 Å². The van der Waals surface area contributed by atoms with E-state index in [9.17, 15) is 9.59 Å². The van der Waals surface area contributed by atoms with Gasteiger partial charge in [0.15, 0.2) is 0 Å². The van der Waals surface area contributed by atoms with Gasteiger partial charge in [-0.1, -0.05) is 6.07 Å². The fourth-order valence-electron chi connectivity index (χ4n) is 4.34. The Morgan fingerprint density at radius 1 is 1.21 bits per heavy atom. The second kappa shape index (κ2) is 8.52. The second-order valence-corrected chi connectivity index (χ2v) is 8.00. The molecule has 0 unspecified atom stereocenters. The number of hydrogen-bond acceptors (Lipinski definition) is 5. The molecule has 2 fully saturated rings. The first-order valence-electron chi connectivity index (χ1n) is 10.2. The van der Waals surface area contributed by atoms with Gasteiger partial charge in [-0.3, -0.25) is 14.3 Å². The lowest BCUT2D eigenvalue weighted by Crippen LogP contribution is -2.62. The van der Waals surface area contributed by atoms with Crippen LogP contribution < -0.4 is 11.0 Å². The number of hydrogen-bond donors (Lipinski definition) is 2. The summed E-state index contributed by atoms with van der Waals surface area (Å²) in [6.07, 6.45) is 5.30. The number of aromatic amines is 1. The number of carbonyl (C=O) groups is 1. The van der Waals surface area contributed by atoms with Gasteiger partial charge in [-0.05, 0) is 51.2 Å². The maximum absolute atomic E-state index is 12.9. The van der Waals surface area contributed by atoms with Crippen molar-refractivity contribution in [1.82, 2.24) is 24.7 Å². The summed E-state index contributed by atoms with van der Waals surface area (Å²) in [6, 6.07) is 7.16. The molecule has 1 aromatic carbocycles. The molecule has 0 atom stereocenters. The van der Waals surface area contributed by atoms with E-state index < -0.39 is 0 Å². The summed E-state index contributed by atoms with van der Waals surface area (Å²) in [5, 5.41) is 3.17. The summed E-state index contributed by atoms with van der Waals surface area (Å²) in [4.78, 5) is 32.2. The summed E-state index contributed by atoms with van der Waals surface area (Å²) >= 11 is 0. The highest BCUT2D eigenvalue weighted by Gasteiger charge is 2.40. The topological polar surface area (TPSA) is 82.6 Å². The normalized spacial score (nSPS) is 20.4. The van der Waals surface area contributed by atoms with Crippen LogP contribution in [0.4, 0.5) is 0 Å². The van der Waals surface area contributed by atoms with Crippen LogP contribution in [0.25, 0.3) is 5.69 Å². The zero-order valence-electron chi connectivity index (χ0n) is 16.9. The summed E-state index contributed by atoms with van der Waals surface area (Å²) in [7, 11) is 2.15. The maximum atomic E-state index is 12.9. The Hall–Kier alpha value is -2.42. The number of nitrogens with one attached hydrogen (secondary N) is 2. The molecule has 8 heteroatoms. The van der Waals surface area contributed by atoms with Gasteiger partial charge in [0.05, 0.1) is 18.9 Å². The van der Waals surface area contributed by atoms with Gasteiger partial charge in [0.1, 0.15) is 0 Å². The zero-order chi connectivity index (χ0) is 20.3. The minimum absolute atomic E-state index is 0.0267. The molecule has 0 saturated carbocycles. The first kappa shape index (κ1) is 19.9. The first-order valence-corrected chi connectivity index (χ1v) is 10.2. The van der Waals surface area contributed by atoms with Crippen LogP contribution in [0.3, 0.4) is 0 Å². The Morgan fingerprint density at radius 2 is 1.97 bits per heavy atom. The van der Waals surface area contributed by atoms with Crippen LogP contribution in [-0.2, 0) is 4.74 Å². The van der Waals surface area contributed by atoms with Crippen molar-refractivity contribution in [2.75, 3.05) is 53.0 Å². The van der Waals surface area contributed by atoms with Crippen molar-refractivity contribution < 1.29 is 9.53 Å². The molecule has 29 heavy (non-hydrogen) atoms. The lowest BCUT2D eigenvalue weighted by molar-refractivity contribution is -0.0439. The van der Waals surface area contributed by atoms with Gasteiger partial charge < -0.3 is 19.9 Å². The van der Waals surface area contributed by atoms with Crippen LogP contribution in [0.5, 0.6) is 0 Å². The molecule has 2 saturated heterocycles. The van der Waals surface area contributed by atoms with Crippen molar-refractivity contribution in [3.05, 3.63) is 52.7 Å². The Balaban J connectivity index is 1.48. The largest absolute Gasteiger partial charge is 0.379 e. The Bertz CT molecular complexity index is 891. The molecule has 8 nitrogen and oxygen atoms in total. The van der Waals surface area contributed by atoms with E-state index in [0.29, 0.717) is 17.8 Å². The van der Waals surface area contributed by atoms with Gasteiger partial charge >= 0.3 is 5.69 Å². The standard InChI is InChI=1S/C21H29N5O3/c1-24-8-5-21(6-9-24,25-11-13-29-14-12-25)16-23-19(27)17-3-2-4-18(15-17)26-10-7-22-20(26)28/h2-4,7,10,15H,5-6,8-9,11-14,16H2,1H3,(H,22,28)(H,23,27). The smallest absolute Gasteiger partial charge is 0.330 e. The molecule has 0 bridgehead atoms. The van der Waals surface area contributed by atoms with Crippen molar-refractivity contribution in [3.8, 4) is 5.69 Å². The summed E-state index contributed by atoms with van der Waals surface area (Å²) in [6.45, 7) is 5.99. The van der Waals surface area contributed by atoms with Crippen molar-refractivity contribution in [2.45, 2.75) is 18.4 Å². The lowest BCUT2D eigenvalue weighted by Gasteiger charge is -2.49. The number of amides is 1. The molecule has 0 spiro atoms. The molecule has 1 aromatic heterocycles. The van der Waals surface area contributed by atoms with E-state index in [1.54, 1.807) is 30.6 Å². The number of piperidine rings is 1. The number of carbonyl (C=O) groups excluding carboxylic acids is 1. The summed E-state index contributed by atoms with van der Waals surface area (Å²) < 4.78 is 7.03. The average Bonchev–Trinajstić information content (AvgIpc) is 3.20. The molecule has 3 heterocycles. The SMILES string of the molecule is CN1CCC(CNC(=O)c2cccc(-n3cc[nH]c3=O)c2)(N2CCOCC2)CC1. The molecule has 2 aliphatic heterocycles. The molecule has 2 aromatic rings. The number of nitrogens with zero attached hydrogens (tertiary/aromatic N) is 3. The van der Waals surface area contributed by atoms with E-state index in [2.05, 4.69) is 27.1 Å². The number of rotatable bonds is 5. The van der Waals surface area contributed by atoms with E-state index in [4.69, 9.17) is 4.74 Å². The second-order valence-electron chi connectivity index (χ2n) is 8.00. The highest BCUT2D eigenvalue weighted by atomic mass is 16.5. The third kappa shape index (κ3) is 4.29. The highest BCUT2D eigenvalue weighted by molar-refractivity contribution is 5.94. The van der Waals surface area contributed by atoms with Crippen LogP contribution in [0, 0.1) is 0 Å². The number of morpholine rings is 1. The lowest BCUT2D eigenvalue weighted by atomic mass is 9.85. The minimum Gasteiger partial charge on any atom is -0.379 e. The fourth-order valence-corrected chi connectivity index (χ4v) is 4.34. The van der Waals surface area contributed by atoms with Crippen LogP contribution in [-0.4, -0.2) is 83.8 Å². The molecule has 156 valence electrons. The van der Waals surface area contributed by atoms with Gasteiger partial charge in [-0.25, -0.2) is 4.79 Å². The van der Waals surface area contributed by atoms with Gasteiger partial charge in [-0.15, -0.1) is 0 Å².